The first-order chi connectivity index (χ1) is 18.4. The Morgan fingerprint density at radius 2 is 1.76 bits per heavy atom. The Kier molecular flexibility index (Phi) is 7.83. The molecule has 4 bridgehead atoms. The van der Waals surface area contributed by atoms with Crippen molar-refractivity contribution in [3.8, 4) is 11.5 Å². The van der Waals surface area contributed by atoms with Crippen LogP contribution in [0.5, 0.6) is 11.5 Å². The molecule has 2 atom stereocenters. The van der Waals surface area contributed by atoms with Crippen LogP contribution in [0.2, 0.25) is 0 Å². The van der Waals surface area contributed by atoms with Crippen LogP contribution in [0, 0.1) is 6.92 Å². The van der Waals surface area contributed by atoms with E-state index in [-0.39, 0.29) is 30.5 Å². The van der Waals surface area contributed by atoms with Gasteiger partial charge in [-0.25, -0.2) is 9.97 Å². The lowest BCUT2D eigenvalue weighted by atomic mass is 10.0. The van der Waals surface area contributed by atoms with Crippen LogP contribution >= 0.6 is 0 Å². The number of ether oxygens (including phenoxy) is 2. The van der Waals surface area contributed by atoms with Gasteiger partial charge in [-0.2, -0.15) is 0 Å². The smallest absolute Gasteiger partial charge is 0.239 e. The molecule has 0 aliphatic carbocycles. The van der Waals surface area contributed by atoms with Gasteiger partial charge in [0.05, 0.1) is 25.3 Å². The number of benzene rings is 2. The Morgan fingerprint density at radius 1 is 1.00 bits per heavy atom. The Labute approximate surface area is 222 Å². The molecule has 3 heterocycles. The molecule has 0 radical (unpaired) electrons. The summed E-state index contributed by atoms with van der Waals surface area (Å²) in [5, 5.41) is 3.13. The minimum absolute atomic E-state index is 0.0140. The molecule has 2 aromatic carbocycles. The third kappa shape index (κ3) is 6.47. The first kappa shape index (κ1) is 25.7. The van der Waals surface area contributed by atoms with Gasteiger partial charge in [0.25, 0.3) is 0 Å². The fourth-order valence-corrected chi connectivity index (χ4v) is 4.90. The van der Waals surface area contributed by atoms with Crippen molar-refractivity contribution in [1.82, 2.24) is 20.2 Å². The fraction of sp³-hybridized carbons (Fsp3) is 0.379. The number of hydrogen-bond donors (Lipinski definition) is 1. The summed E-state index contributed by atoms with van der Waals surface area (Å²) in [6.07, 6.45) is 3.13. The van der Waals surface area contributed by atoms with E-state index in [9.17, 15) is 9.59 Å². The number of amides is 2. The molecule has 0 unspecified atom stereocenters. The third-order valence-corrected chi connectivity index (χ3v) is 6.91. The molecule has 9 heteroatoms. The van der Waals surface area contributed by atoms with Crippen LogP contribution in [0.1, 0.15) is 29.8 Å². The van der Waals surface area contributed by atoms with Crippen molar-refractivity contribution in [3.05, 3.63) is 77.7 Å². The van der Waals surface area contributed by atoms with Crippen molar-refractivity contribution >= 4 is 17.6 Å². The SMILES string of the molecule is Cc1nccc(N2CC[C@H]3OCc4cccc(c4)Oc4cccc(c4)CCC(=O)N(C)CC(=O)N[C@H]3C2)n1. The standard InChI is InChI=1S/C29H33N5O4/c1-20-30-13-11-27(31-20)34-14-12-26-25(17-34)32-28(35)18-33(2)29(36)10-9-21-5-3-7-23(15-21)38-24-8-4-6-22(16-24)19-37-26/h3-8,11,13,15-16,25-26H,9-10,12,14,17-19H2,1-2H3,(H,32,35)/t25-,26+/m0/s1. The van der Waals surface area contributed by atoms with Gasteiger partial charge in [-0.15, -0.1) is 0 Å². The zero-order valence-electron chi connectivity index (χ0n) is 21.8. The van der Waals surface area contributed by atoms with Crippen LogP contribution in [0.25, 0.3) is 0 Å². The highest BCUT2D eigenvalue weighted by atomic mass is 16.5. The predicted molar refractivity (Wildman–Crippen MR) is 143 cm³/mol. The third-order valence-electron chi connectivity index (χ3n) is 6.91. The van der Waals surface area contributed by atoms with Crippen molar-refractivity contribution < 1.29 is 19.1 Å². The van der Waals surface area contributed by atoms with E-state index in [0.29, 0.717) is 44.0 Å². The summed E-state index contributed by atoms with van der Waals surface area (Å²) in [4.78, 5) is 38.2. The number of piperidine rings is 1. The number of aryl methyl sites for hydroxylation is 2. The van der Waals surface area contributed by atoms with Crippen LogP contribution in [0.3, 0.4) is 0 Å². The van der Waals surface area contributed by atoms with E-state index in [2.05, 4.69) is 20.2 Å². The van der Waals surface area contributed by atoms with Crippen molar-refractivity contribution in [3.63, 3.8) is 0 Å². The summed E-state index contributed by atoms with van der Waals surface area (Å²) in [5.74, 6) is 2.66. The van der Waals surface area contributed by atoms with Crippen molar-refractivity contribution in [1.29, 1.82) is 0 Å². The second-order valence-corrected chi connectivity index (χ2v) is 9.87. The van der Waals surface area contributed by atoms with Gasteiger partial charge in [0.15, 0.2) is 0 Å². The highest BCUT2D eigenvalue weighted by Crippen LogP contribution is 2.26. The second-order valence-electron chi connectivity index (χ2n) is 9.87. The predicted octanol–water partition coefficient (Wildman–Crippen LogP) is 3.26. The van der Waals surface area contributed by atoms with Gasteiger partial charge >= 0.3 is 0 Å². The largest absolute Gasteiger partial charge is 0.457 e. The monoisotopic (exact) mass is 515 g/mol. The Morgan fingerprint density at radius 3 is 2.55 bits per heavy atom. The lowest BCUT2D eigenvalue weighted by Gasteiger charge is -2.39. The summed E-state index contributed by atoms with van der Waals surface area (Å²) in [7, 11) is 1.66. The molecule has 5 rings (SSSR count). The normalized spacial score (nSPS) is 21.0. The van der Waals surface area contributed by atoms with Gasteiger partial charge < -0.3 is 24.6 Å². The van der Waals surface area contributed by atoms with E-state index in [1.807, 2.05) is 61.5 Å². The number of fused-ring (bicyclic) bond motifs is 5. The van der Waals surface area contributed by atoms with Crippen LogP contribution in [-0.2, 0) is 27.4 Å². The number of anilines is 1. The highest BCUT2D eigenvalue weighted by Gasteiger charge is 2.32. The van der Waals surface area contributed by atoms with Gasteiger partial charge in [0.1, 0.15) is 23.1 Å². The highest BCUT2D eigenvalue weighted by molar-refractivity contribution is 5.85. The van der Waals surface area contributed by atoms with Crippen LogP contribution in [0.4, 0.5) is 5.82 Å². The molecule has 2 aliphatic rings. The summed E-state index contributed by atoms with van der Waals surface area (Å²) in [5.41, 5.74) is 1.99. The summed E-state index contributed by atoms with van der Waals surface area (Å²) in [6.45, 7) is 3.52. The Hall–Kier alpha value is -3.98. The first-order valence-corrected chi connectivity index (χ1v) is 13.0. The fourth-order valence-electron chi connectivity index (χ4n) is 4.90. The maximum atomic E-state index is 13.0. The molecule has 1 fully saturated rings. The van der Waals surface area contributed by atoms with Gasteiger partial charge in [0.2, 0.25) is 11.8 Å². The molecule has 1 saturated heterocycles. The first-order valence-electron chi connectivity index (χ1n) is 13.0. The molecule has 1 aromatic heterocycles. The van der Waals surface area contributed by atoms with Gasteiger partial charge in [-0.3, -0.25) is 9.59 Å². The summed E-state index contributed by atoms with van der Waals surface area (Å²) in [6, 6.07) is 17.2. The number of carbonyl (C=O) groups is 2. The van der Waals surface area contributed by atoms with E-state index < -0.39 is 0 Å². The lowest BCUT2D eigenvalue weighted by molar-refractivity contribution is -0.135. The number of aromatic nitrogens is 2. The molecular formula is C29H33N5O4. The number of carbonyl (C=O) groups excluding carboxylic acids is 2. The molecule has 2 aliphatic heterocycles. The minimum Gasteiger partial charge on any atom is -0.457 e. The topological polar surface area (TPSA) is 96.9 Å². The number of nitrogens with one attached hydrogen (secondary N) is 1. The molecule has 2 amide bonds. The molecule has 0 spiro atoms. The van der Waals surface area contributed by atoms with E-state index in [1.54, 1.807) is 13.2 Å². The van der Waals surface area contributed by atoms with Crippen LogP contribution in [0.15, 0.2) is 60.8 Å². The molecular weight excluding hydrogens is 482 g/mol. The number of nitrogens with zero attached hydrogens (tertiary/aromatic N) is 4. The van der Waals surface area contributed by atoms with Crippen LogP contribution in [-0.4, -0.2) is 65.5 Å². The van der Waals surface area contributed by atoms with Crippen molar-refractivity contribution in [2.75, 3.05) is 31.6 Å². The van der Waals surface area contributed by atoms with Crippen molar-refractivity contribution in [2.45, 2.75) is 44.9 Å². The minimum atomic E-state index is -0.270. The quantitative estimate of drug-likeness (QED) is 0.531. The van der Waals surface area contributed by atoms with E-state index >= 15 is 0 Å². The molecule has 198 valence electrons. The van der Waals surface area contributed by atoms with Crippen LogP contribution < -0.4 is 15.0 Å². The van der Waals surface area contributed by atoms with E-state index in [0.717, 1.165) is 29.2 Å². The molecule has 38 heavy (non-hydrogen) atoms. The average Bonchev–Trinajstić information content (AvgIpc) is 2.91. The van der Waals surface area contributed by atoms with E-state index in [4.69, 9.17) is 9.47 Å². The number of likely N-dealkylation sites (N-methyl/N-ethyl adjacent to an activating group) is 1. The lowest BCUT2D eigenvalue weighted by Crippen LogP contribution is -2.57. The van der Waals surface area contributed by atoms with E-state index in [1.165, 1.54) is 4.90 Å². The Balaban J connectivity index is 1.38. The second kappa shape index (κ2) is 11.6. The zero-order valence-corrected chi connectivity index (χ0v) is 21.8. The summed E-state index contributed by atoms with van der Waals surface area (Å²) < 4.78 is 12.5. The van der Waals surface area contributed by atoms with Crippen molar-refractivity contribution in [2.24, 2.45) is 0 Å². The van der Waals surface area contributed by atoms with Gasteiger partial charge in [0, 0.05) is 32.8 Å². The maximum Gasteiger partial charge on any atom is 0.239 e. The zero-order chi connectivity index (χ0) is 26.5. The Bertz CT molecular complexity index is 1300. The molecule has 1 N–H and O–H groups in total. The summed E-state index contributed by atoms with van der Waals surface area (Å²) >= 11 is 0. The molecule has 9 nitrogen and oxygen atoms in total. The average molecular weight is 516 g/mol. The molecule has 0 saturated carbocycles. The van der Waals surface area contributed by atoms with Gasteiger partial charge in [-0.1, -0.05) is 24.3 Å². The maximum absolute atomic E-state index is 13.0. The van der Waals surface area contributed by atoms with Gasteiger partial charge in [-0.05, 0) is 61.2 Å². The number of rotatable bonds is 1. The number of hydrogen-bond acceptors (Lipinski definition) is 7. The molecule has 3 aromatic rings.